The van der Waals surface area contributed by atoms with Gasteiger partial charge in [0.1, 0.15) is 11.4 Å². The number of carbonyl (C=O) groups is 2. The molecule has 1 fully saturated rings. The van der Waals surface area contributed by atoms with Gasteiger partial charge in [-0.3, -0.25) is 4.79 Å². The third-order valence-corrected chi connectivity index (χ3v) is 6.59. The Morgan fingerprint density at radius 2 is 2.11 bits per heavy atom. The second-order valence-corrected chi connectivity index (χ2v) is 9.42. The third kappa shape index (κ3) is 5.06. The van der Waals surface area contributed by atoms with Crippen molar-refractivity contribution in [1.29, 1.82) is 0 Å². The maximum atomic E-state index is 13.1. The summed E-state index contributed by atoms with van der Waals surface area (Å²) < 4.78 is 5.44. The molecule has 0 bridgehead atoms. The van der Waals surface area contributed by atoms with E-state index in [2.05, 4.69) is 0 Å². The van der Waals surface area contributed by atoms with Gasteiger partial charge in [0.05, 0.1) is 13.0 Å². The molecule has 1 saturated heterocycles. The standard InChI is InChI=1S/C20H22ClNO3S2/c1-13(2)11-25-20(24)17-12-27-19(14-5-3-6-15(21)9-14)22(17)18(23)10-16-7-4-8-26-16/h3-9,13,17,19H,10-12H2,1-2H3. The topological polar surface area (TPSA) is 46.6 Å². The van der Waals surface area contributed by atoms with Gasteiger partial charge < -0.3 is 9.64 Å². The van der Waals surface area contributed by atoms with Crippen molar-refractivity contribution in [1.82, 2.24) is 4.90 Å². The Morgan fingerprint density at radius 1 is 1.30 bits per heavy atom. The number of thiophene rings is 1. The van der Waals surface area contributed by atoms with Gasteiger partial charge in [0.2, 0.25) is 5.91 Å². The minimum absolute atomic E-state index is 0.0704. The third-order valence-electron chi connectivity index (χ3n) is 4.16. The van der Waals surface area contributed by atoms with Gasteiger partial charge in [-0.1, -0.05) is 43.6 Å². The van der Waals surface area contributed by atoms with Crippen molar-refractivity contribution in [2.45, 2.75) is 31.7 Å². The fraction of sp³-hybridized carbons (Fsp3) is 0.400. The number of hydrogen-bond donors (Lipinski definition) is 0. The van der Waals surface area contributed by atoms with Gasteiger partial charge in [-0.05, 0) is 35.1 Å². The average Bonchev–Trinajstić information content (AvgIpc) is 3.29. The number of thioether (sulfide) groups is 1. The molecule has 0 aliphatic carbocycles. The second kappa shape index (κ2) is 9.13. The molecule has 1 aromatic heterocycles. The van der Waals surface area contributed by atoms with Crippen LogP contribution in [0.3, 0.4) is 0 Å². The fourth-order valence-electron chi connectivity index (χ4n) is 2.91. The molecule has 2 unspecified atom stereocenters. The molecule has 0 spiro atoms. The highest BCUT2D eigenvalue weighted by Gasteiger charge is 2.43. The summed E-state index contributed by atoms with van der Waals surface area (Å²) in [5.74, 6) is 0.366. The van der Waals surface area contributed by atoms with Gasteiger partial charge in [-0.2, -0.15) is 0 Å². The Kier molecular flexibility index (Phi) is 6.84. The van der Waals surface area contributed by atoms with Gasteiger partial charge >= 0.3 is 5.97 Å². The number of benzene rings is 1. The van der Waals surface area contributed by atoms with E-state index in [-0.39, 0.29) is 29.6 Å². The van der Waals surface area contributed by atoms with Crippen LogP contribution in [0.1, 0.15) is 29.7 Å². The van der Waals surface area contributed by atoms with E-state index in [9.17, 15) is 9.59 Å². The van der Waals surface area contributed by atoms with Crippen molar-refractivity contribution < 1.29 is 14.3 Å². The number of halogens is 1. The highest BCUT2D eigenvalue weighted by molar-refractivity contribution is 7.99. The summed E-state index contributed by atoms with van der Waals surface area (Å²) in [7, 11) is 0. The van der Waals surface area contributed by atoms with Crippen LogP contribution in [0.5, 0.6) is 0 Å². The quantitative estimate of drug-likeness (QED) is 0.627. The Labute approximate surface area is 172 Å². The van der Waals surface area contributed by atoms with Crippen molar-refractivity contribution in [3.63, 3.8) is 0 Å². The lowest BCUT2D eigenvalue weighted by Gasteiger charge is -2.29. The summed E-state index contributed by atoms with van der Waals surface area (Å²) in [5, 5.41) is 2.32. The van der Waals surface area contributed by atoms with Crippen molar-refractivity contribution in [2.24, 2.45) is 5.92 Å². The van der Waals surface area contributed by atoms with Crippen LogP contribution in [0, 0.1) is 5.92 Å². The maximum absolute atomic E-state index is 13.1. The molecular formula is C20H22ClNO3S2. The molecule has 4 nitrogen and oxygen atoms in total. The Bertz CT molecular complexity index is 794. The zero-order valence-corrected chi connectivity index (χ0v) is 17.7. The number of nitrogens with zero attached hydrogens (tertiary/aromatic N) is 1. The number of ether oxygens (including phenoxy) is 1. The molecular weight excluding hydrogens is 402 g/mol. The molecule has 0 radical (unpaired) electrons. The normalized spacial score (nSPS) is 19.5. The zero-order chi connectivity index (χ0) is 19.4. The first-order valence-electron chi connectivity index (χ1n) is 8.83. The molecule has 1 aromatic carbocycles. The lowest BCUT2D eigenvalue weighted by molar-refractivity contribution is -0.154. The van der Waals surface area contributed by atoms with Gasteiger partial charge in [0, 0.05) is 15.7 Å². The van der Waals surface area contributed by atoms with Crippen LogP contribution in [0.15, 0.2) is 41.8 Å². The van der Waals surface area contributed by atoms with E-state index in [1.807, 2.05) is 49.6 Å². The molecule has 1 amide bonds. The second-order valence-electron chi connectivity index (χ2n) is 6.84. The predicted octanol–water partition coefficient (Wildman–Crippen LogP) is 4.79. The minimum Gasteiger partial charge on any atom is -0.464 e. The van der Waals surface area contributed by atoms with Crippen LogP contribution >= 0.6 is 34.7 Å². The number of carbonyl (C=O) groups excluding carboxylic acids is 2. The Hall–Kier alpha value is -1.50. The van der Waals surface area contributed by atoms with Crippen molar-refractivity contribution in [2.75, 3.05) is 12.4 Å². The van der Waals surface area contributed by atoms with Crippen LogP contribution in [0.2, 0.25) is 5.02 Å². The SMILES string of the molecule is CC(C)COC(=O)C1CSC(c2cccc(Cl)c2)N1C(=O)Cc1cccs1. The van der Waals surface area contributed by atoms with E-state index in [1.165, 1.54) is 0 Å². The fourth-order valence-corrected chi connectivity index (χ4v) is 5.23. The van der Waals surface area contributed by atoms with Gasteiger partial charge in [0.15, 0.2) is 0 Å². The van der Waals surface area contributed by atoms with Gasteiger partial charge in [-0.25, -0.2) is 4.79 Å². The average molecular weight is 424 g/mol. The lowest BCUT2D eigenvalue weighted by Crippen LogP contribution is -2.44. The summed E-state index contributed by atoms with van der Waals surface area (Å²) in [6, 6.07) is 10.7. The first kappa shape index (κ1) is 20.2. The first-order chi connectivity index (χ1) is 13.0. The van der Waals surface area contributed by atoms with Crippen molar-refractivity contribution in [3.05, 3.63) is 57.2 Å². The number of rotatable bonds is 6. The summed E-state index contributed by atoms with van der Waals surface area (Å²) in [4.78, 5) is 28.4. The largest absolute Gasteiger partial charge is 0.464 e. The molecule has 1 aliphatic heterocycles. The molecule has 0 N–H and O–H groups in total. The lowest BCUT2D eigenvalue weighted by atomic mass is 10.1. The molecule has 1 aliphatic rings. The summed E-state index contributed by atoms with van der Waals surface area (Å²) in [5.41, 5.74) is 0.922. The number of hydrogen-bond acceptors (Lipinski definition) is 5. The van der Waals surface area contributed by atoms with Crippen molar-refractivity contribution >= 4 is 46.6 Å². The molecule has 2 aromatic rings. The summed E-state index contributed by atoms with van der Waals surface area (Å²) in [6.07, 6.45) is 0.281. The smallest absolute Gasteiger partial charge is 0.329 e. The Balaban J connectivity index is 1.84. The number of amides is 1. The first-order valence-corrected chi connectivity index (χ1v) is 11.1. The molecule has 144 valence electrons. The summed E-state index contributed by atoms with van der Waals surface area (Å²) in [6.45, 7) is 4.34. The van der Waals surface area contributed by atoms with E-state index >= 15 is 0 Å². The highest BCUT2D eigenvalue weighted by atomic mass is 35.5. The van der Waals surface area contributed by atoms with E-state index in [4.69, 9.17) is 16.3 Å². The monoisotopic (exact) mass is 423 g/mol. The molecule has 2 atom stereocenters. The molecule has 27 heavy (non-hydrogen) atoms. The van der Waals surface area contributed by atoms with Gasteiger partial charge in [-0.15, -0.1) is 23.1 Å². The molecule has 7 heteroatoms. The van der Waals surface area contributed by atoms with Crippen LogP contribution in [-0.2, 0) is 20.7 Å². The maximum Gasteiger partial charge on any atom is 0.329 e. The molecule has 2 heterocycles. The molecule has 3 rings (SSSR count). The van der Waals surface area contributed by atoms with Crippen molar-refractivity contribution in [3.8, 4) is 0 Å². The van der Waals surface area contributed by atoms with Crippen LogP contribution < -0.4 is 0 Å². The highest BCUT2D eigenvalue weighted by Crippen LogP contribution is 2.42. The van der Waals surface area contributed by atoms with E-state index in [0.717, 1.165) is 10.4 Å². The minimum atomic E-state index is -0.579. The zero-order valence-electron chi connectivity index (χ0n) is 15.3. The Morgan fingerprint density at radius 3 is 2.78 bits per heavy atom. The van der Waals surface area contributed by atoms with E-state index < -0.39 is 6.04 Å². The van der Waals surface area contributed by atoms with Crippen LogP contribution in [-0.4, -0.2) is 35.2 Å². The van der Waals surface area contributed by atoms with Crippen LogP contribution in [0.4, 0.5) is 0 Å². The molecule has 0 saturated carbocycles. The predicted molar refractivity (Wildman–Crippen MR) is 111 cm³/mol. The van der Waals surface area contributed by atoms with Gasteiger partial charge in [0.25, 0.3) is 0 Å². The van der Waals surface area contributed by atoms with E-state index in [0.29, 0.717) is 17.4 Å². The van der Waals surface area contributed by atoms with Crippen LogP contribution in [0.25, 0.3) is 0 Å². The number of esters is 1. The summed E-state index contributed by atoms with van der Waals surface area (Å²) >= 11 is 9.26. The van der Waals surface area contributed by atoms with E-state index in [1.54, 1.807) is 34.1 Å².